The first-order valence-corrected chi connectivity index (χ1v) is 13.9. The van der Waals surface area contributed by atoms with Gasteiger partial charge >= 0.3 is 18.2 Å². The Bertz CT molecular complexity index is 1470. The van der Waals surface area contributed by atoms with E-state index >= 15 is 0 Å². The zero-order valence-electron chi connectivity index (χ0n) is 23.5. The number of hydrogen-bond donors (Lipinski definition) is 1. The van der Waals surface area contributed by atoms with Crippen LogP contribution in [0.25, 0.3) is 11.1 Å². The first kappa shape index (κ1) is 26.9. The Morgan fingerprint density at radius 3 is 1.83 bits per heavy atom. The quantitative estimate of drug-likeness (QED) is 0.457. The number of ether oxygens (including phenoxy) is 2. The number of benzene rings is 3. The lowest BCUT2D eigenvalue weighted by Gasteiger charge is -2.34. The van der Waals surface area contributed by atoms with Gasteiger partial charge in [-0.25, -0.2) is 9.59 Å². The standard InChI is InChI=1S/C33H34N2O6/c1-31(2,3)41-30(39)35-19-32(22-11-5-4-6-12-22)18-34(20-33(32,21-35)28(36)37)29(38)40-17-27-25-15-9-7-13-23(25)24-14-8-10-16-26(24)27/h4-16,27H,17-21H2,1-3H3,(H,36,37). The molecule has 0 bridgehead atoms. The monoisotopic (exact) mass is 554 g/mol. The maximum atomic E-state index is 13.6. The molecule has 2 amide bonds. The van der Waals surface area contributed by atoms with Gasteiger partial charge < -0.3 is 24.4 Å². The molecular formula is C33H34N2O6. The van der Waals surface area contributed by atoms with Crippen LogP contribution in [0, 0.1) is 5.41 Å². The number of rotatable bonds is 4. The van der Waals surface area contributed by atoms with Gasteiger partial charge in [0.05, 0.1) is 5.41 Å². The Morgan fingerprint density at radius 2 is 1.29 bits per heavy atom. The van der Waals surface area contributed by atoms with Crippen molar-refractivity contribution >= 4 is 18.2 Å². The van der Waals surface area contributed by atoms with E-state index in [1.807, 2.05) is 54.6 Å². The highest BCUT2D eigenvalue weighted by atomic mass is 16.6. The van der Waals surface area contributed by atoms with Crippen LogP contribution in [0.4, 0.5) is 9.59 Å². The van der Waals surface area contributed by atoms with Gasteiger partial charge in [-0.05, 0) is 48.6 Å². The summed E-state index contributed by atoms with van der Waals surface area (Å²) in [6.07, 6.45) is -1.11. The smallest absolute Gasteiger partial charge is 0.410 e. The number of carboxylic acids is 1. The summed E-state index contributed by atoms with van der Waals surface area (Å²) < 4.78 is 11.5. The molecule has 0 aromatic heterocycles. The first-order valence-electron chi connectivity index (χ1n) is 13.9. The summed E-state index contributed by atoms with van der Waals surface area (Å²) in [5.41, 5.74) is 2.08. The SMILES string of the molecule is CC(C)(C)OC(=O)N1CC2(C(=O)O)CN(C(=O)OCC3c4ccccc4-c4ccccc43)CC2(c2ccccc2)C1. The van der Waals surface area contributed by atoms with Crippen molar-refractivity contribution in [1.29, 1.82) is 0 Å². The summed E-state index contributed by atoms with van der Waals surface area (Å²) >= 11 is 0. The maximum Gasteiger partial charge on any atom is 0.410 e. The van der Waals surface area contributed by atoms with Crippen LogP contribution in [0.2, 0.25) is 0 Å². The minimum Gasteiger partial charge on any atom is -0.481 e. The number of aliphatic carboxylic acids is 1. The third-order valence-electron chi connectivity index (χ3n) is 8.74. The van der Waals surface area contributed by atoms with Crippen molar-refractivity contribution in [1.82, 2.24) is 9.80 Å². The molecule has 2 saturated heterocycles. The number of hydrogen-bond acceptors (Lipinski definition) is 5. The fraction of sp³-hybridized carbons (Fsp3) is 0.364. The minimum atomic E-state index is -1.42. The molecule has 8 heteroatoms. The lowest BCUT2D eigenvalue weighted by molar-refractivity contribution is -0.149. The van der Waals surface area contributed by atoms with E-state index in [1.165, 1.54) is 9.80 Å². The zero-order valence-corrected chi connectivity index (χ0v) is 23.5. The zero-order chi connectivity index (χ0) is 29.0. The van der Waals surface area contributed by atoms with Crippen LogP contribution in [-0.2, 0) is 19.7 Å². The molecular weight excluding hydrogens is 520 g/mol. The van der Waals surface area contributed by atoms with E-state index in [4.69, 9.17) is 9.47 Å². The Balaban J connectivity index is 1.27. The molecule has 2 atom stereocenters. The predicted octanol–water partition coefficient (Wildman–Crippen LogP) is 5.51. The highest BCUT2D eigenvalue weighted by molar-refractivity contribution is 5.84. The summed E-state index contributed by atoms with van der Waals surface area (Å²) in [4.78, 5) is 42.8. The van der Waals surface area contributed by atoms with Gasteiger partial charge in [-0.15, -0.1) is 0 Å². The van der Waals surface area contributed by atoms with Crippen molar-refractivity contribution < 1.29 is 29.0 Å². The molecule has 2 unspecified atom stereocenters. The Kier molecular flexibility index (Phi) is 6.32. The maximum absolute atomic E-state index is 13.6. The van der Waals surface area contributed by atoms with Gasteiger partial charge in [0, 0.05) is 32.1 Å². The van der Waals surface area contributed by atoms with Gasteiger partial charge in [-0.3, -0.25) is 4.79 Å². The van der Waals surface area contributed by atoms with Crippen molar-refractivity contribution in [3.05, 3.63) is 95.6 Å². The van der Waals surface area contributed by atoms with Gasteiger partial charge in [0.25, 0.3) is 0 Å². The van der Waals surface area contributed by atoms with Crippen LogP contribution in [-0.4, -0.2) is 71.4 Å². The van der Waals surface area contributed by atoms with E-state index < -0.39 is 34.6 Å². The van der Waals surface area contributed by atoms with Crippen LogP contribution in [0.3, 0.4) is 0 Å². The van der Waals surface area contributed by atoms with Gasteiger partial charge in [0.1, 0.15) is 17.6 Å². The van der Waals surface area contributed by atoms with Crippen molar-refractivity contribution in [3.63, 3.8) is 0 Å². The van der Waals surface area contributed by atoms with E-state index in [0.717, 1.165) is 27.8 Å². The van der Waals surface area contributed by atoms with Crippen LogP contribution < -0.4 is 0 Å². The molecule has 0 spiro atoms. The van der Waals surface area contributed by atoms with E-state index in [1.54, 1.807) is 20.8 Å². The number of nitrogens with zero attached hydrogens (tertiary/aromatic N) is 2. The molecule has 3 aromatic rings. The normalized spacial score (nSPS) is 23.1. The first-order chi connectivity index (χ1) is 19.5. The molecule has 1 aliphatic carbocycles. The molecule has 2 aliphatic heterocycles. The van der Waals surface area contributed by atoms with E-state index in [9.17, 15) is 19.5 Å². The highest BCUT2D eigenvalue weighted by Crippen LogP contribution is 2.54. The Labute approximate surface area is 239 Å². The molecule has 1 N–H and O–H groups in total. The van der Waals surface area contributed by atoms with Gasteiger partial charge in [-0.1, -0.05) is 78.9 Å². The fourth-order valence-electron chi connectivity index (χ4n) is 6.95. The summed E-state index contributed by atoms with van der Waals surface area (Å²) in [6.45, 7) is 5.56. The average Bonchev–Trinajstić information content (AvgIpc) is 3.57. The van der Waals surface area contributed by atoms with Crippen LogP contribution in [0.5, 0.6) is 0 Å². The highest BCUT2D eigenvalue weighted by Gasteiger charge is 2.70. The molecule has 2 fully saturated rings. The van der Waals surface area contributed by atoms with Gasteiger partial charge in [0.15, 0.2) is 0 Å². The van der Waals surface area contributed by atoms with Crippen LogP contribution >= 0.6 is 0 Å². The number of amides is 2. The molecule has 41 heavy (non-hydrogen) atoms. The second-order valence-electron chi connectivity index (χ2n) is 12.3. The predicted molar refractivity (Wildman–Crippen MR) is 153 cm³/mol. The molecule has 8 nitrogen and oxygen atoms in total. The molecule has 6 rings (SSSR count). The molecule has 212 valence electrons. The molecule has 3 aliphatic rings. The summed E-state index contributed by atoms with van der Waals surface area (Å²) in [5.74, 6) is -1.16. The van der Waals surface area contributed by atoms with Crippen molar-refractivity contribution in [2.45, 2.75) is 37.7 Å². The van der Waals surface area contributed by atoms with Crippen LogP contribution in [0.15, 0.2) is 78.9 Å². The van der Waals surface area contributed by atoms with Crippen molar-refractivity contribution in [2.24, 2.45) is 5.41 Å². The second kappa shape index (κ2) is 9.65. The third-order valence-corrected chi connectivity index (χ3v) is 8.74. The van der Waals surface area contributed by atoms with Crippen LogP contribution in [0.1, 0.15) is 43.4 Å². The molecule has 2 heterocycles. The summed E-state index contributed by atoms with van der Waals surface area (Å²) in [6, 6.07) is 25.6. The molecule has 3 aromatic carbocycles. The lowest BCUT2D eigenvalue weighted by atomic mass is 9.64. The van der Waals surface area contributed by atoms with Crippen molar-refractivity contribution in [3.8, 4) is 11.1 Å². The van der Waals surface area contributed by atoms with Gasteiger partial charge in [0.2, 0.25) is 0 Å². The van der Waals surface area contributed by atoms with E-state index in [-0.39, 0.29) is 38.7 Å². The fourth-order valence-corrected chi connectivity index (χ4v) is 6.95. The summed E-state index contributed by atoms with van der Waals surface area (Å²) in [5, 5.41) is 10.7. The van der Waals surface area contributed by atoms with E-state index in [2.05, 4.69) is 24.3 Å². The Hall–Kier alpha value is -4.33. The number of fused-ring (bicyclic) bond motifs is 4. The molecule has 0 radical (unpaired) electrons. The third kappa shape index (κ3) is 4.33. The topological polar surface area (TPSA) is 96.4 Å². The largest absolute Gasteiger partial charge is 0.481 e. The lowest BCUT2D eigenvalue weighted by Crippen LogP contribution is -2.49. The average molecular weight is 555 g/mol. The van der Waals surface area contributed by atoms with E-state index in [0.29, 0.717) is 0 Å². The van der Waals surface area contributed by atoms with Gasteiger partial charge in [-0.2, -0.15) is 0 Å². The number of carbonyl (C=O) groups is 3. The van der Waals surface area contributed by atoms with Crippen molar-refractivity contribution in [2.75, 3.05) is 32.8 Å². The molecule has 0 saturated carbocycles. The Morgan fingerprint density at radius 1 is 0.780 bits per heavy atom. The number of carboxylic acid groups (broad SMARTS) is 1. The number of carbonyl (C=O) groups excluding carboxylic acids is 2. The number of likely N-dealkylation sites (tertiary alicyclic amines) is 2. The minimum absolute atomic E-state index is 0.0701. The summed E-state index contributed by atoms with van der Waals surface area (Å²) in [7, 11) is 0. The second-order valence-corrected chi connectivity index (χ2v) is 12.3.